The summed E-state index contributed by atoms with van der Waals surface area (Å²) in [4.78, 5) is 17.6. The van der Waals surface area contributed by atoms with Crippen molar-refractivity contribution in [2.45, 2.75) is 13.0 Å². The second kappa shape index (κ2) is 8.12. The van der Waals surface area contributed by atoms with E-state index in [1.165, 1.54) is 6.21 Å². The number of hydrogen-bond donors (Lipinski definition) is 0. The summed E-state index contributed by atoms with van der Waals surface area (Å²) in [5.41, 5.74) is 0. The topological polar surface area (TPSA) is 78.8 Å². The van der Waals surface area contributed by atoms with Gasteiger partial charge in [-0.1, -0.05) is 0 Å². The van der Waals surface area contributed by atoms with Gasteiger partial charge in [-0.2, -0.15) is 5.26 Å². The van der Waals surface area contributed by atoms with E-state index in [-0.39, 0.29) is 12.6 Å². The van der Waals surface area contributed by atoms with Crippen LogP contribution in [0.25, 0.3) is 0 Å². The van der Waals surface area contributed by atoms with Gasteiger partial charge in [0.05, 0.1) is 31.5 Å². The van der Waals surface area contributed by atoms with Gasteiger partial charge in [-0.15, -0.1) is 0 Å². The van der Waals surface area contributed by atoms with Crippen LogP contribution < -0.4 is 0 Å². The van der Waals surface area contributed by atoms with Crippen LogP contribution in [0.15, 0.2) is 27.8 Å². The monoisotopic (exact) mass is 277 g/mol. The third kappa shape index (κ3) is 4.52. The van der Waals surface area contributed by atoms with Crippen molar-refractivity contribution in [1.29, 1.82) is 5.26 Å². The smallest absolute Gasteiger partial charge is 0.328 e. The van der Waals surface area contributed by atoms with Crippen molar-refractivity contribution in [3.8, 4) is 6.07 Å². The minimum absolute atomic E-state index is 0.0391. The lowest BCUT2D eigenvalue weighted by molar-refractivity contribution is -0.143. The molecule has 0 amide bonds. The van der Waals surface area contributed by atoms with Gasteiger partial charge >= 0.3 is 5.97 Å². The Hall–Kier alpha value is -2.13. The normalized spacial score (nSPS) is 14.2. The predicted octanol–water partition coefficient (Wildman–Crippen LogP) is 1.66. The Kier molecular flexibility index (Phi) is 6.47. The molecule has 20 heavy (non-hydrogen) atoms. The summed E-state index contributed by atoms with van der Waals surface area (Å²) in [6.45, 7) is 2.35. The Bertz CT molecular complexity index is 474. The molecule has 1 aromatic rings. The molecule has 2 atom stereocenters. The number of nitriles is 1. The molecule has 0 saturated carbocycles. The Morgan fingerprint density at radius 1 is 1.65 bits per heavy atom. The molecule has 108 valence electrons. The van der Waals surface area contributed by atoms with Gasteiger partial charge in [0.2, 0.25) is 0 Å². The molecule has 1 heterocycles. The molecule has 0 spiro atoms. The molecule has 0 aliphatic rings. The maximum absolute atomic E-state index is 11.4. The molecule has 1 rings (SSSR count). The first-order chi connectivity index (χ1) is 9.60. The quantitative estimate of drug-likeness (QED) is 0.559. The van der Waals surface area contributed by atoms with E-state index in [1.807, 2.05) is 37.2 Å². The van der Waals surface area contributed by atoms with Crippen LogP contribution in [0.5, 0.6) is 0 Å². The third-order valence-electron chi connectivity index (χ3n) is 2.71. The van der Waals surface area contributed by atoms with Crippen LogP contribution in [0.4, 0.5) is 0 Å². The van der Waals surface area contributed by atoms with E-state index in [9.17, 15) is 4.79 Å². The maximum atomic E-state index is 11.4. The summed E-state index contributed by atoms with van der Waals surface area (Å²) in [5, 5.41) is 8.91. The van der Waals surface area contributed by atoms with Gasteiger partial charge in [-0.25, -0.2) is 0 Å². The zero-order valence-corrected chi connectivity index (χ0v) is 11.9. The Balaban J connectivity index is 2.65. The number of nitrogens with zero attached hydrogens (tertiary/aromatic N) is 3. The van der Waals surface area contributed by atoms with E-state index in [1.54, 1.807) is 13.2 Å². The summed E-state index contributed by atoms with van der Waals surface area (Å²) in [5.74, 6) is -0.746. The number of aliphatic imine (C=N–C) groups is 1. The van der Waals surface area contributed by atoms with E-state index < -0.39 is 11.9 Å². The Labute approximate surface area is 118 Å². The van der Waals surface area contributed by atoms with E-state index in [2.05, 4.69) is 4.99 Å². The minimum Gasteiger partial charge on any atom is -0.468 e. The lowest BCUT2D eigenvalue weighted by Crippen LogP contribution is -2.23. The second-order valence-electron chi connectivity index (χ2n) is 4.37. The number of likely N-dealkylation sites (N-methyl/N-ethyl adjacent to an activating group) is 1. The molecule has 0 saturated heterocycles. The fourth-order valence-electron chi connectivity index (χ4n) is 1.63. The molecule has 1 aromatic heterocycles. The molecule has 0 radical (unpaired) electrons. The number of esters is 1. The van der Waals surface area contributed by atoms with Gasteiger partial charge in [0.15, 0.2) is 5.92 Å². The Morgan fingerprint density at radius 2 is 2.40 bits per heavy atom. The highest BCUT2D eigenvalue weighted by atomic mass is 16.5. The lowest BCUT2D eigenvalue weighted by Gasteiger charge is -2.20. The van der Waals surface area contributed by atoms with Crippen LogP contribution in [0, 0.1) is 17.2 Å². The number of ether oxygens (including phenoxy) is 1. The summed E-state index contributed by atoms with van der Waals surface area (Å²) in [6, 6.07) is 5.50. The highest BCUT2D eigenvalue weighted by Gasteiger charge is 2.18. The van der Waals surface area contributed by atoms with Gasteiger partial charge in [-0.05, 0) is 33.2 Å². The number of carbonyl (C=O) groups excluding carboxylic acids is 1. The summed E-state index contributed by atoms with van der Waals surface area (Å²) >= 11 is 0. The molecule has 0 bridgehead atoms. The van der Waals surface area contributed by atoms with Crippen LogP contribution in [-0.2, 0) is 9.53 Å². The van der Waals surface area contributed by atoms with E-state index >= 15 is 0 Å². The molecule has 0 fully saturated rings. The van der Waals surface area contributed by atoms with E-state index in [0.29, 0.717) is 6.54 Å². The first-order valence-electron chi connectivity index (χ1n) is 6.36. The van der Waals surface area contributed by atoms with E-state index in [4.69, 9.17) is 14.4 Å². The summed E-state index contributed by atoms with van der Waals surface area (Å²) in [7, 11) is 3.83. The van der Waals surface area contributed by atoms with Crippen molar-refractivity contribution in [3.05, 3.63) is 24.2 Å². The maximum Gasteiger partial charge on any atom is 0.328 e. The molecule has 0 N–H and O–H groups in total. The fraction of sp³-hybridized carbons (Fsp3) is 0.500. The van der Waals surface area contributed by atoms with Crippen molar-refractivity contribution in [2.24, 2.45) is 10.9 Å². The van der Waals surface area contributed by atoms with Crippen molar-refractivity contribution in [1.82, 2.24) is 4.90 Å². The van der Waals surface area contributed by atoms with Crippen molar-refractivity contribution in [3.63, 3.8) is 0 Å². The lowest BCUT2D eigenvalue weighted by atomic mass is 10.2. The highest BCUT2D eigenvalue weighted by molar-refractivity contribution is 5.92. The molecular formula is C14H19N3O3. The van der Waals surface area contributed by atoms with Gasteiger partial charge < -0.3 is 9.15 Å². The van der Waals surface area contributed by atoms with Crippen molar-refractivity contribution in [2.75, 3.05) is 27.2 Å². The van der Waals surface area contributed by atoms with Gasteiger partial charge in [0.1, 0.15) is 5.76 Å². The average Bonchev–Trinajstić information content (AvgIpc) is 2.92. The molecule has 0 aliphatic heterocycles. The minimum atomic E-state index is -0.964. The predicted molar refractivity (Wildman–Crippen MR) is 74.2 cm³/mol. The van der Waals surface area contributed by atoms with E-state index in [0.717, 1.165) is 5.76 Å². The third-order valence-corrected chi connectivity index (χ3v) is 2.71. The Morgan fingerprint density at radius 3 is 2.90 bits per heavy atom. The standard InChI is InChI=1S/C14H19N3O3/c1-4-19-14(18)11(8-15)9-16-10-12(17(2)3)13-6-5-7-20-13/h5-7,9,11-12H,4,10H2,1-3H3/t11-,12+/m1/s1. The van der Waals surface area contributed by atoms with Crippen LogP contribution >= 0.6 is 0 Å². The first kappa shape index (κ1) is 15.9. The number of furan rings is 1. The SMILES string of the molecule is CCOC(=O)[C@H](C#N)C=NC[C@@H](c1ccco1)N(C)C. The van der Waals surface area contributed by atoms with Crippen molar-refractivity contribution >= 4 is 12.2 Å². The molecule has 0 aliphatic carbocycles. The van der Waals surface area contributed by atoms with Gasteiger partial charge in [0, 0.05) is 6.21 Å². The summed E-state index contributed by atoms with van der Waals surface area (Å²) < 4.78 is 10.1. The number of carbonyl (C=O) groups is 1. The molecule has 6 nitrogen and oxygen atoms in total. The number of hydrogen-bond acceptors (Lipinski definition) is 6. The first-order valence-corrected chi connectivity index (χ1v) is 6.36. The van der Waals surface area contributed by atoms with Gasteiger partial charge in [-0.3, -0.25) is 14.7 Å². The average molecular weight is 277 g/mol. The van der Waals surface area contributed by atoms with Gasteiger partial charge in [0.25, 0.3) is 0 Å². The highest BCUT2D eigenvalue weighted by Crippen LogP contribution is 2.18. The zero-order valence-electron chi connectivity index (χ0n) is 11.9. The van der Waals surface area contributed by atoms with Crippen LogP contribution in [0.2, 0.25) is 0 Å². The van der Waals surface area contributed by atoms with Crippen LogP contribution in [0.3, 0.4) is 0 Å². The second-order valence-corrected chi connectivity index (χ2v) is 4.37. The summed E-state index contributed by atoms with van der Waals surface area (Å²) in [6.07, 6.45) is 2.93. The molecule has 0 aromatic carbocycles. The van der Waals surface area contributed by atoms with Crippen molar-refractivity contribution < 1.29 is 13.9 Å². The fourth-order valence-corrected chi connectivity index (χ4v) is 1.63. The zero-order chi connectivity index (χ0) is 15.0. The molecule has 6 heteroatoms. The largest absolute Gasteiger partial charge is 0.468 e. The molecule has 0 unspecified atom stereocenters. The van der Waals surface area contributed by atoms with Crippen LogP contribution in [-0.4, -0.2) is 44.3 Å². The molecular weight excluding hydrogens is 258 g/mol. The number of rotatable bonds is 7. The van der Waals surface area contributed by atoms with Crippen LogP contribution in [0.1, 0.15) is 18.7 Å².